The number of nitrogens with zero attached hydrogens (tertiary/aromatic N) is 2. The van der Waals surface area contributed by atoms with Gasteiger partial charge in [0, 0.05) is 10.0 Å². The van der Waals surface area contributed by atoms with E-state index in [0.29, 0.717) is 12.1 Å². The van der Waals surface area contributed by atoms with Crippen molar-refractivity contribution in [2.24, 2.45) is 0 Å². The molecule has 0 aliphatic heterocycles. The van der Waals surface area contributed by atoms with Crippen LogP contribution >= 0.6 is 27.5 Å². The van der Waals surface area contributed by atoms with Crippen LogP contribution in [-0.2, 0) is 12.4 Å². The van der Waals surface area contributed by atoms with Crippen molar-refractivity contribution in [3.05, 3.63) is 51.8 Å². The molecule has 0 N–H and O–H groups in total. The van der Waals surface area contributed by atoms with Crippen LogP contribution in [0, 0.1) is 0 Å². The quantitative estimate of drug-likeness (QED) is 0.759. The standard InChI is InChI=1S/C12H10BrClF2N2/c13-10-3-1-8(2-4-10)7-18-11(12(15)16)9(5-14)6-17-18/h1-4,6,12H,5,7H2. The molecule has 96 valence electrons. The fourth-order valence-electron chi connectivity index (χ4n) is 1.68. The van der Waals surface area contributed by atoms with E-state index in [1.165, 1.54) is 10.9 Å². The zero-order valence-electron chi connectivity index (χ0n) is 9.28. The normalized spacial score (nSPS) is 11.2. The average molecular weight is 336 g/mol. The molecule has 1 aromatic heterocycles. The molecule has 0 aliphatic rings. The summed E-state index contributed by atoms with van der Waals surface area (Å²) in [5, 5.41) is 3.97. The zero-order chi connectivity index (χ0) is 13.1. The van der Waals surface area contributed by atoms with Gasteiger partial charge in [-0.15, -0.1) is 11.6 Å². The van der Waals surface area contributed by atoms with Gasteiger partial charge in [-0.2, -0.15) is 5.10 Å². The summed E-state index contributed by atoms with van der Waals surface area (Å²) in [5.41, 5.74) is 1.18. The smallest absolute Gasteiger partial charge is 0.259 e. The van der Waals surface area contributed by atoms with E-state index in [9.17, 15) is 8.78 Å². The second-order valence-corrected chi connectivity index (χ2v) is 4.96. The second-order valence-electron chi connectivity index (χ2n) is 3.77. The highest BCUT2D eigenvalue weighted by Gasteiger charge is 2.19. The van der Waals surface area contributed by atoms with E-state index < -0.39 is 6.43 Å². The Labute approximate surface area is 117 Å². The largest absolute Gasteiger partial charge is 0.280 e. The van der Waals surface area contributed by atoms with Gasteiger partial charge in [-0.05, 0) is 17.7 Å². The molecule has 0 fully saturated rings. The maximum absolute atomic E-state index is 12.9. The highest BCUT2D eigenvalue weighted by Crippen LogP contribution is 2.25. The Morgan fingerprint density at radius 3 is 2.50 bits per heavy atom. The summed E-state index contributed by atoms with van der Waals surface area (Å²) in [5.74, 6) is 0.0417. The predicted molar refractivity (Wildman–Crippen MR) is 70.0 cm³/mol. The average Bonchev–Trinajstić information content (AvgIpc) is 2.75. The number of halogens is 4. The van der Waals surface area contributed by atoms with Crippen LogP contribution in [0.25, 0.3) is 0 Å². The Balaban J connectivity index is 2.28. The Hall–Kier alpha value is -0.940. The summed E-state index contributed by atoms with van der Waals surface area (Å²) in [7, 11) is 0. The highest BCUT2D eigenvalue weighted by molar-refractivity contribution is 9.10. The summed E-state index contributed by atoms with van der Waals surface area (Å²) >= 11 is 8.94. The van der Waals surface area contributed by atoms with E-state index >= 15 is 0 Å². The molecule has 0 bridgehead atoms. The van der Waals surface area contributed by atoms with Crippen molar-refractivity contribution in [3.63, 3.8) is 0 Å². The van der Waals surface area contributed by atoms with Crippen LogP contribution in [0.4, 0.5) is 8.78 Å². The Morgan fingerprint density at radius 1 is 1.28 bits per heavy atom. The van der Waals surface area contributed by atoms with Crippen LogP contribution in [0.3, 0.4) is 0 Å². The van der Waals surface area contributed by atoms with E-state index in [1.807, 2.05) is 24.3 Å². The lowest BCUT2D eigenvalue weighted by Gasteiger charge is -2.08. The van der Waals surface area contributed by atoms with Gasteiger partial charge in [-0.3, -0.25) is 4.68 Å². The van der Waals surface area contributed by atoms with Crippen LogP contribution in [0.2, 0.25) is 0 Å². The summed E-state index contributed by atoms with van der Waals surface area (Å²) in [4.78, 5) is 0. The lowest BCUT2D eigenvalue weighted by atomic mass is 10.2. The van der Waals surface area contributed by atoms with E-state index in [1.54, 1.807) is 0 Å². The lowest BCUT2D eigenvalue weighted by molar-refractivity contribution is 0.139. The van der Waals surface area contributed by atoms with Crippen molar-refractivity contribution < 1.29 is 8.78 Å². The summed E-state index contributed by atoms with van der Waals surface area (Å²) in [6.07, 6.45) is -1.18. The molecule has 0 saturated carbocycles. The molecular formula is C12H10BrClF2N2. The molecule has 0 radical (unpaired) electrons. The van der Waals surface area contributed by atoms with E-state index in [4.69, 9.17) is 11.6 Å². The van der Waals surface area contributed by atoms with Crippen molar-refractivity contribution >= 4 is 27.5 Å². The van der Waals surface area contributed by atoms with Crippen molar-refractivity contribution in [3.8, 4) is 0 Å². The van der Waals surface area contributed by atoms with Crippen molar-refractivity contribution in [2.45, 2.75) is 18.9 Å². The summed E-state index contributed by atoms with van der Waals surface area (Å²) < 4.78 is 28.1. The number of hydrogen-bond donors (Lipinski definition) is 0. The van der Waals surface area contributed by atoms with E-state index in [0.717, 1.165) is 10.0 Å². The molecule has 1 aromatic carbocycles. The van der Waals surface area contributed by atoms with Gasteiger partial charge >= 0.3 is 0 Å². The van der Waals surface area contributed by atoms with Crippen LogP contribution in [-0.4, -0.2) is 9.78 Å². The molecule has 1 heterocycles. The Bertz CT molecular complexity index is 525. The van der Waals surface area contributed by atoms with Gasteiger partial charge in [-0.1, -0.05) is 28.1 Å². The third-order valence-electron chi connectivity index (χ3n) is 2.56. The molecule has 0 amide bonds. The SMILES string of the molecule is FC(F)c1c(CCl)cnn1Cc1ccc(Br)cc1. The van der Waals surface area contributed by atoms with Gasteiger partial charge in [-0.25, -0.2) is 8.78 Å². The molecule has 6 heteroatoms. The Morgan fingerprint density at radius 2 is 1.94 bits per heavy atom. The molecule has 2 nitrogen and oxygen atoms in total. The number of alkyl halides is 3. The van der Waals surface area contributed by atoms with Crippen molar-refractivity contribution in [2.75, 3.05) is 0 Å². The zero-order valence-corrected chi connectivity index (χ0v) is 11.6. The Kier molecular flexibility index (Phi) is 4.35. The minimum absolute atomic E-state index is 0.0417. The van der Waals surface area contributed by atoms with Gasteiger partial charge in [0.05, 0.1) is 18.6 Å². The molecule has 2 aromatic rings. The first-order valence-electron chi connectivity index (χ1n) is 5.25. The number of rotatable bonds is 4. The van der Waals surface area contributed by atoms with Gasteiger partial charge in [0.1, 0.15) is 5.69 Å². The van der Waals surface area contributed by atoms with Crippen molar-refractivity contribution in [1.29, 1.82) is 0 Å². The monoisotopic (exact) mass is 334 g/mol. The minimum atomic E-state index is -2.57. The maximum Gasteiger partial charge on any atom is 0.280 e. The number of benzene rings is 1. The van der Waals surface area contributed by atoms with Gasteiger partial charge in [0.15, 0.2) is 0 Å². The van der Waals surface area contributed by atoms with Crippen LogP contribution < -0.4 is 0 Å². The molecule has 0 unspecified atom stereocenters. The topological polar surface area (TPSA) is 17.8 Å². The van der Waals surface area contributed by atoms with Crippen LogP contribution in [0.1, 0.15) is 23.2 Å². The summed E-state index contributed by atoms with van der Waals surface area (Å²) in [6.45, 7) is 0.309. The van der Waals surface area contributed by atoms with Gasteiger partial charge in [0.25, 0.3) is 6.43 Å². The molecule has 18 heavy (non-hydrogen) atoms. The van der Waals surface area contributed by atoms with E-state index in [-0.39, 0.29) is 11.6 Å². The van der Waals surface area contributed by atoms with Crippen molar-refractivity contribution in [1.82, 2.24) is 9.78 Å². The second kappa shape index (κ2) is 5.80. The molecule has 0 saturated heterocycles. The molecular weight excluding hydrogens is 325 g/mol. The molecule has 0 atom stereocenters. The lowest BCUT2D eigenvalue weighted by Crippen LogP contribution is -2.07. The predicted octanol–water partition coefficient (Wildman–Crippen LogP) is 4.37. The fourth-order valence-corrected chi connectivity index (χ4v) is 2.15. The minimum Gasteiger partial charge on any atom is -0.259 e. The number of hydrogen-bond acceptors (Lipinski definition) is 1. The van der Waals surface area contributed by atoms with Crippen LogP contribution in [0.5, 0.6) is 0 Å². The third-order valence-corrected chi connectivity index (χ3v) is 3.37. The maximum atomic E-state index is 12.9. The molecule has 0 aliphatic carbocycles. The first kappa shape index (κ1) is 13.5. The van der Waals surface area contributed by atoms with E-state index in [2.05, 4.69) is 21.0 Å². The van der Waals surface area contributed by atoms with Gasteiger partial charge < -0.3 is 0 Å². The third kappa shape index (κ3) is 2.90. The first-order chi connectivity index (χ1) is 8.61. The fraction of sp³-hybridized carbons (Fsp3) is 0.250. The number of aromatic nitrogens is 2. The highest BCUT2D eigenvalue weighted by atomic mass is 79.9. The summed E-state index contributed by atoms with van der Waals surface area (Å²) in [6, 6.07) is 7.45. The van der Waals surface area contributed by atoms with Gasteiger partial charge in [0.2, 0.25) is 0 Å². The molecule has 0 spiro atoms. The first-order valence-corrected chi connectivity index (χ1v) is 6.57. The van der Waals surface area contributed by atoms with Crippen LogP contribution in [0.15, 0.2) is 34.9 Å². The molecule has 2 rings (SSSR count).